The number of aromatic nitrogens is 2. The van der Waals surface area contributed by atoms with Crippen LogP contribution in [0.2, 0.25) is 0 Å². The average molecular weight is 335 g/mol. The quantitative estimate of drug-likeness (QED) is 0.778. The molecule has 0 fully saturated rings. The number of hydrogen-bond acceptors (Lipinski definition) is 4. The summed E-state index contributed by atoms with van der Waals surface area (Å²) in [6.07, 6.45) is 5.43. The van der Waals surface area contributed by atoms with Crippen LogP contribution >= 0.6 is 0 Å². The monoisotopic (exact) mass is 335 g/mol. The van der Waals surface area contributed by atoms with Gasteiger partial charge in [0.2, 0.25) is 6.79 Å². The Bertz CT molecular complexity index is 873. The molecule has 0 saturated heterocycles. The Morgan fingerprint density at radius 3 is 2.68 bits per heavy atom. The van der Waals surface area contributed by atoms with Crippen LogP contribution in [0.1, 0.15) is 21.5 Å². The zero-order chi connectivity index (χ0) is 17.1. The molecule has 1 aromatic heterocycles. The van der Waals surface area contributed by atoms with Gasteiger partial charge in [0.05, 0.1) is 6.33 Å². The molecule has 2 aromatic carbocycles. The number of nitrogens with one attached hydrogen (secondary N) is 1. The predicted molar refractivity (Wildman–Crippen MR) is 91.5 cm³/mol. The minimum Gasteiger partial charge on any atom is -0.454 e. The van der Waals surface area contributed by atoms with Crippen molar-refractivity contribution in [3.8, 4) is 11.5 Å². The molecule has 1 N–H and O–H groups in total. The molecule has 0 atom stereocenters. The van der Waals surface area contributed by atoms with E-state index in [1.165, 1.54) is 0 Å². The van der Waals surface area contributed by atoms with Gasteiger partial charge in [-0.1, -0.05) is 18.2 Å². The first kappa shape index (κ1) is 15.3. The molecule has 0 bridgehead atoms. The van der Waals surface area contributed by atoms with Gasteiger partial charge in [-0.05, 0) is 35.4 Å². The lowest BCUT2D eigenvalue weighted by molar-refractivity contribution is 0.0951. The van der Waals surface area contributed by atoms with E-state index in [1.54, 1.807) is 12.5 Å². The van der Waals surface area contributed by atoms with Crippen LogP contribution in [0.3, 0.4) is 0 Å². The van der Waals surface area contributed by atoms with E-state index in [0.29, 0.717) is 12.1 Å². The van der Waals surface area contributed by atoms with Crippen molar-refractivity contribution in [2.45, 2.75) is 13.1 Å². The van der Waals surface area contributed by atoms with Gasteiger partial charge < -0.3 is 19.4 Å². The van der Waals surface area contributed by atoms with Crippen molar-refractivity contribution < 1.29 is 14.3 Å². The van der Waals surface area contributed by atoms with Gasteiger partial charge in [0, 0.05) is 31.0 Å². The maximum atomic E-state index is 12.3. The number of imidazole rings is 1. The highest BCUT2D eigenvalue weighted by Gasteiger charge is 2.13. The first-order valence-electron chi connectivity index (χ1n) is 7.99. The van der Waals surface area contributed by atoms with Gasteiger partial charge in [-0.15, -0.1) is 0 Å². The number of hydrogen-bond donors (Lipinski definition) is 1. The number of amides is 1. The molecule has 3 aromatic rings. The Morgan fingerprint density at radius 2 is 1.88 bits per heavy atom. The van der Waals surface area contributed by atoms with Crippen molar-refractivity contribution in [3.05, 3.63) is 77.9 Å². The fourth-order valence-electron chi connectivity index (χ4n) is 2.69. The van der Waals surface area contributed by atoms with E-state index >= 15 is 0 Å². The van der Waals surface area contributed by atoms with Crippen LogP contribution < -0.4 is 14.8 Å². The van der Waals surface area contributed by atoms with Crippen LogP contribution in [-0.2, 0) is 13.1 Å². The lowest BCUT2D eigenvalue weighted by Crippen LogP contribution is -2.22. The summed E-state index contributed by atoms with van der Waals surface area (Å²) in [4.78, 5) is 16.3. The number of carbonyl (C=O) groups excluding carboxylic acids is 1. The van der Waals surface area contributed by atoms with Crippen LogP contribution in [-0.4, -0.2) is 22.3 Å². The SMILES string of the molecule is O=C(NCc1ccc2c(c1)OCO2)c1ccc(Cn2ccnc2)cc1. The van der Waals surface area contributed by atoms with Crippen LogP contribution in [0.5, 0.6) is 11.5 Å². The molecule has 25 heavy (non-hydrogen) atoms. The molecule has 0 unspecified atom stereocenters. The van der Waals surface area contributed by atoms with Crippen LogP contribution in [0.25, 0.3) is 0 Å². The zero-order valence-electron chi connectivity index (χ0n) is 13.5. The normalized spacial score (nSPS) is 12.2. The van der Waals surface area contributed by atoms with E-state index in [0.717, 1.165) is 29.2 Å². The van der Waals surface area contributed by atoms with E-state index in [2.05, 4.69) is 10.3 Å². The standard InChI is InChI=1S/C19H17N3O3/c23-19(21-10-15-3-6-17-18(9-15)25-13-24-17)16-4-1-14(2-5-16)11-22-8-7-20-12-22/h1-9,12H,10-11,13H2,(H,21,23). The molecular formula is C19H17N3O3. The van der Waals surface area contributed by atoms with Crippen LogP contribution in [0.4, 0.5) is 0 Å². The summed E-state index contributed by atoms with van der Waals surface area (Å²) in [5.74, 6) is 1.35. The number of nitrogens with zero attached hydrogens (tertiary/aromatic N) is 2. The number of carbonyl (C=O) groups is 1. The van der Waals surface area contributed by atoms with Crippen LogP contribution in [0.15, 0.2) is 61.2 Å². The minimum atomic E-state index is -0.105. The van der Waals surface area contributed by atoms with E-state index in [4.69, 9.17) is 9.47 Å². The molecule has 0 radical (unpaired) electrons. The van der Waals surface area contributed by atoms with Gasteiger partial charge in [-0.3, -0.25) is 4.79 Å². The molecule has 0 aliphatic carbocycles. The maximum Gasteiger partial charge on any atom is 0.251 e. The molecular weight excluding hydrogens is 318 g/mol. The second kappa shape index (κ2) is 6.68. The summed E-state index contributed by atoms with van der Waals surface area (Å²) < 4.78 is 12.6. The van der Waals surface area contributed by atoms with Gasteiger partial charge in [0.15, 0.2) is 11.5 Å². The zero-order valence-corrected chi connectivity index (χ0v) is 13.5. The molecule has 0 saturated carbocycles. The summed E-state index contributed by atoms with van der Waals surface area (Å²) in [7, 11) is 0. The van der Waals surface area contributed by atoms with Crippen molar-refractivity contribution >= 4 is 5.91 Å². The van der Waals surface area contributed by atoms with E-state index in [-0.39, 0.29) is 12.7 Å². The van der Waals surface area contributed by atoms with E-state index < -0.39 is 0 Å². The summed E-state index contributed by atoms with van der Waals surface area (Å²) in [5, 5.41) is 2.92. The Kier molecular flexibility index (Phi) is 4.08. The molecule has 6 nitrogen and oxygen atoms in total. The molecule has 1 aliphatic rings. The van der Waals surface area contributed by atoms with Gasteiger partial charge in [0.1, 0.15) is 0 Å². The Balaban J connectivity index is 1.36. The minimum absolute atomic E-state index is 0.105. The largest absolute Gasteiger partial charge is 0.454 e. The smallest absolute Gasteiger partial charge is 0.251 e. The van der Waals surface area contributed by atoms with Gasteiger partial charge in [0.25, 0.3) is 5.91 Å². The highest BCUT2D eigenvalue weighted by atomic mass is 16.7. The topological polar surface area (TPSA) is 65.4 Å². The van der Waals surface area contributed by atoms with E-state index in [9.17, 15) is 4.79 Å². The molecule has 6 heteroatoms. The van der Waals surface area contributed by atoms with Crippen molar-refractivity contribution in [1.29, 1.82) is 0 Å². The van der Waals surface area contributed by atoms with Gasteiger partial charge >= 0.3 is 0 Å². The second-order valence-corrected chi connectivity index (χ2v) is 5.80. The number of fused-ring (bicyclic) bond motifs is 1. The molecule has 0 spiro atoms. The summed E-state index contributed by atoms with van der Waals surface area (Å²) in [6.45, 7) is 1.42. The predicted octanol–water partition coefficient (Wildman–Crippen LogP) is 2.59. The molecule has 1 aliphatic heterocycles. The van der Waals surface area contributed by atoms with Crippen molar-refractivity contribution in [3.63, 3.8) is 0 Å². The molecule has 2 heterocycles. The molecule has 4 rings (SSSR count). The van der Waals surface area contributed by atoms with Crippen molar-refractivity contribution in [1.82, 2.24) is 14.9 Å². The Hall–Kier alpha value is -3.28. The third kappa shape index (κ3) is 3.47. The summed E-state index contributed by atoms with van der Waals surface area (Å²) in [5.41, 5.74) is 2.72. The molecule has 126 valence electrons. The van der Waals surface area contributed by atoms with E-state index in [1.807, 2.05) is 53.2 Å². The highest BCUT2D eigenvalue weighted by Crippen LogP contribution is 2.32. The van der Waals surface area contributed by atoms with Crippen molar-refractivity contribution in [2.75, 3.05) is 6.79 Å². The number of rotatable bonds is 5. The highest BCUT2D eigenvalue weighted by molar-refractivity contribution is 5.94. The van der Waals surface area contributed by atoms with Gasteiger partial charge in [-0.2, -0.15) is 0 Å². The van der Waals surface area contributed by atoms with Crippen molar-refractivity contribution in [2.24, 2.45) is 0 Å². The third-order valence-electron chi connectivity index (χ3n) is 4.03. The number of ether oxygens (including phenoxy) is 2. The molecule has 1 amide bonds. The lowest BCUT2D eigenvalue weighted by atomic mass is 10.1. The fraction of sp³-hybridized carbons (Fsp3) is 0.158. The fourth-order valence-corrected chi connectivity index (χ4v) is 2.69. The lowest BCUT2D eigenvalue weighted by Gasteiger charge is -2.08. The van der Waals surface area contributed by atoms with Crippen LogP contribution in [0, 0.1) is 0 Å². The average Bonchev–Trinajstić information content (AvgIpc) is 3.31. The van der Waals surface area contributed by atoms with Gasteiger partial charge in [-0.25, -0.2) is 4.98 Å². The first-order chi connectivity index (χ1) is 12.3. The summed E-state index contributed by atoms with van der Waals surface area (Å²) in [6, 6.07) is 13.2. The third-order valence-corrected chi connectivity index (χ3v) is 4.03. The maximum absolute atomic E-state index is 12.3. The second-order valence-electron chi connectivity index (χ2n) is 5.80. The first-order valence-corrected chi connectivity index (χ1v) is 7.99. The summed E-state index contributed by atoms with van der Waals surface area (Å²) >= 11 is 0. The Morgan fingerprint density at radius 1 is 1.08 bits per heavy atom. The number of benzene rings is 2. The Labute approximate surface area is 145 Å².